The Morgan fingerprint density at radius 3 is 1.49 bits per heavy atom. The van der Waals surface area contributed by atoms with Crippen molar-refractivity contribution in [3.63, 3.8) is 0 Å². The van der Waals surface area contributed by atoms with Gasteiger partial charge in [0.15, 0.2) is 0 Å². The van der Waals surface area contributed by atoms with Gasteiger partial charge >= 0.3 is 48.4 Å². The van der Waals surface area contributed by atoms with Crippen molar-refractivity contribution in [1.29, 1.82) is 0 Å². The van der Waals surface area contributed by atoms with Crippen LogP contribution in [0.5, 0.6) is 0 Å². The van der Waals surface area contributed by atoms with E-state index in [4.69, 9.17) is 5.73 Å². The Bertz CT molecular complexity index is 1080. The van der Waals surface area contributed by atoms with Gasteiger partial charge in [0.1, 0.15) is 0 Å². The van der Waals surface area contributed by atoms with Crippen LogP contribution in [0, 0.1) is 0 Å². The number of amides is 2. The Kier molecular flexibility index (Phi) is 8.54. The van der Waals surface area contributed by atoms with E-state index in [9.17, 15) is 84.2 Å². The molecule has 0 aliphatic rings. The maximum atomic E-state index is 14.5. The highest BCUT2D eigenvalue weighted by molar-refractivity contribution is 6.04. The number of rotatable bonds is 9. The average Bonchev–Trinajstić information content (AvgIpc) is 2.70. The van der Waals surface area contributed by atoms with Crippen molar-refractivity contribution < 1.29 is 93.7 Å². The number of anilines is 1. The summed E-state index contributed by atoms with van der Waals surface area (Å²) in [6.45, 7) is 0. The van der Waals surface area contributed by atoms with Gasteiger partial charge in [0.05, 0.1) is 11.3 Å². The van der Waals surface area contributed by atoms with Gasteiger partial charge in [-0.05, 0) is 12.1 Å². The highest BCUT2D eigenvalue weighted by Crippen LogP contribution is 2.56. The number of hydrogen-bond donors (Lipinski definition) is 2. The van der Waals surface area contributed by atoms with Crippen molar-refractivity contribution in [2.45, 2.75) is 48.4 Å². The molecule has 1 aromatic carbocycles. The molecule has 2 amide bonds. The van der Waals surface area contributed by atoms with E-state index < -0.39 is 71.4 Å². The number of alkyl halides is 17. The van der Waals surface area contributed by atoms with E-state index in [0.717, 1.165) is 12.1 Å². The molecule has 1 aromatic rings. The zero-order valence-electron chi connectivity index (χ0n) is 17.4. The quantitative estimate of drug-likeness (QED) is 0.355. The molecule has 0 aliphatic carbocycles. The maximum absolute atomic E-state index is 14.5. The highest BCUT2D eigenvalue weighted by atomic mass is 19.4. The summed E-state index contributed by atoms with van der Waals surface area (Å²) in [5.74, 6) is -28.3. The molecule has 39 heavy (non-hydrogen) atoms. The van der Waals surface area contributed by atoms with Gasteiger partial charge in [0, 0.05) is 0 Å². The summed E-state index contributed by atoms with van der Waals surface area (Å²) < 4.78 is 227. The van der Waals surface area contributed by atoms with Crippen LogP contribution in [0.15, 0.2) is 24.3 Å². The molecule has 0 radical (unpaired) electrons. The molecule has 6 nitrogen and oxygen atoms in total. The van der Waals surface area contributed by atoms with Crippen molar-refractivity contribution in [3.05, 3.63) is 29.8 Å². The number of benzene rings is 1. The molecule has 0 saturated heterocycles. The van der Waals surface area contributed by atoms with E-state index in [2.05, 4.69) is 0 Å². The van der Waals surface area contributed by atoms with Crippen molar-refractivity contribution in [1.82, 2.24) is 0 Å². The lowest BCUT2D eigenvalue weighted by atomic mass is 10.1. The summed E-state index contributed by atoms with van der Waals surface area (Å²) in [4.78, 5) is 23.0. The first-order valence-electron chi connectivity index (χ1n) is 8.80. The number of halogens is 17. The number of carbonyl (C=O) groups is 2. The lowest BCUT2D eigenvalue weighted by Gasteiger charge is -2.40. The highest BCUT2D eigenvalue weighted by Gasteiger charge is 2.85. The normalized spacial score (nSPS) is 17.3. The van der Waals surface area contributed by atoms with E-state index in [0.29, 0.717) is 17.4 Å². The van der Waals surface area contributed by atoms with Gasteiger partial charge in [0.2, 0.25) is 0 Å². The average molecular weight is 614 g/mol. The van der Waals surface area contributed by atoms with Gasteiger partial charge in [0.25, 0.3) is 11.8 Å². The molecule has 0 spiro atoms. The second-order valence-corrected chi connectivity index (χ2v) is 6.86. The number of nitrogens with two attached hydrogens (primary N) is 1. The SMILES string of the molecule is NC(=O)c1ccccc1NC(=O)C(F)(OC(F)(F)C(F)(OC(F)(F)C(F)(F)C(F)(F)F)C(F)(F)F)C(F)(F)F. The van der Waals surface area contributed by atoms with Crippen LogP contribution < -0.4 is 11.1 Å². The molecule has 0 saturated carbocycles. The van der Waals surface area contributed by atoms with Crippen LogP contribution in [-0.2, 0) is 14.3 Å². The molecular weight excluding hydrogens is 607 g/mol. The summed E-state index contributed by atoms with van der Waals surface area (Å²) in [6.07, 6.45) is -38.9. The smallest absolute Gasteiger partial charge is 0.366 e. The maximum Gasteiger partial charge on any atom is 0.462 e. The summed E-state index contributed by atoms with van der Waals surface area (Å²) in [7, 11) is 0. The monoisotopic (exact) mass is 614 g/mol. The first kappa shape index (κ1) is 33.9. The second-order valence-electron chi connectivity index (χ2n) is 6.86. The van der Waals surface area contributed by atoms with E-state index in [1.165, 1.54) is 4.74 Å². The van der Waals surface area contributed by atoms with Gasteiger partial charge in [-0.3, -0.25) is 19.1 Å². The number of hydrogen-bond acceptors (Lipinski definition) is 4. The fraction of sp³-hybridized carbons (Fsp3) is 0.500. The van der Waals surface area contributed by atoms with Crippen LogP contribution in [-0.4, -0.2) is 60.2 Å². The van der Waals surface area contributed by atoms with Crippen LogP contribution in [0.3, 0.4) is 0 Å². The minimum Gasteiger partial charge on any atom is -0.366 e. The Labute approximate surface area is 201 Å². The van der Waals surface area contributed by atoms with Crippen LogP contribution in [0.25, 0.3) is 0 Å². The zero-order valence-corrected chi connectivity index (χ0v) is 17.4. The van der Waals surface area contributed by atoms with Gasteiger partial charge in [-0.1, -0.05) is 12.1 Å². The Balaban J connectivity index is 3.69. The van der Waals surface area contributed by atoms with Gasteiger partial charge in [-0.2, -0.15) is 74.6 Å². The molecule has 0 heterocycles. The van der Waals surface area contributed by atoms with E-state index in [-0.39, 0.29) is 0 Å². The fourth-order valence-corrected chi connectivity index (χ4v) is 2.17. The van der Waals surface area contributed by atoms with Crippen molar-refractivity contribution in [2.75, 3.05) is 5.32 Å². The number of carbonyl (C=O) groups excluding carboxylic acids is 2. The Morgan fingerprint density at radius 2 is 1.10 bits per heavy atom. The third kappa shape index (κ3) is 6.06. The zero-order chi connectivity index (χ0) is 31.3. The van der Waals surface area contributed by atoms with Crippen molar-refractivity contribution >= 4 is 17.5 Å². The van der Waals surface area contributed by atoms with Crippen LogP contribution >= 0.6 is 0 Å². The minimum atomic E-state index is -8.13. The Hall–Kier alpha value is -3.11. The van der Waals surface area contributed by atoms with Gasteiger partial charge in [-0.15, -0.1) is 0 Å². The molecule has 0 aromatic heterocycles. The van der Waals surface area contributed by atoms with Crippen LogP contribution in [0.2, 0.25) is 0 Å². The minimum absolute atomic E-state index is 0.408. The van der Waals surface area contributed by atoms with Gasteiger partial charge < -0.3 is 11.1 Å². The van der Waals surface area contributed by atoms with E-state index in [1.54, 1.807) is 0 Å². The largest absolute Gasteiger partial charge is 0.462 e. The molecule has 23 heteroatoms. The molecular formula is C16H7F17N2O4. The second kappa shape index (κ2) is 9.82. The summed E-state index contributed by atoms with van der Waals surface area (Å²) in [5.41, 5.74) is 2.45. The molecule has 1 rings (SSSR count). The Morgan fingerprint density at radius 1 is 0.641 bits per heavy atom. The van der Waals surface area contributed by atoms with Gasteiger partial charge in [-0.25, -0.2) is 0 Å². The standard InChI is InChI=1S/C16H7F17N2O4/c17-9(12(21,22)23,8(37)35-6-4-2-1-3-5(6)7(34)36)38-16(32,33)11(20,14(27,28)29)39-15(30,31)10(18,19)13(24,25)26/h1-4H,(H2,34,36)(H,35,37). The third-order valence-corrected chi connectivity index (χ3v) is 4.10. The summed E-state index contributed by atoms with van der Waals surface area (Å²) in [6, 6.07) is 2.64. The fourth-order valence-electron chi connectivity index (χ4n) is 2.17. The third-order valence-electron chi connectivity index (χ3n) is 4.10. The number of primary amides is 1. The molecule has 224 valence electrons. The number of para-hydroxylation sites is 1. The predicted octanol–water partition coefficient (Wildman–Crippen LogP) is 5.60. The van der Waals surface area contributed by atoms with Crippen molar-refractivity contribution in [2.24, 2.45) is 5.73 Å². The topological polar surface area (TPSA) is 90.7 Å². The van der Waals surface area contributed by atoms with E-state index in [1.807, 2.05) is 4.74 Å². The number of nitrogens with one attached hydrogen (secondary N) is 1. The first-order chi connectivity index (χ1) is 17.0. The molecule has 0 aliphatic heterocycles. The van der Waals surface area contributed by atoms with Crippen molar-refractivity contribution in [3.8, 4) is 0 Å². The van der Waals surface area contributed by atoms with E-state index >= 15 is 0 Å². The predicted molar refractivity (Wildman–Crippen MR) is 86.4 cm³/mol. The summed E-state index contributed by atoms with van der Waals surface area (Å²) >= 11 is 0. The molecule has 2 atom stereocenters. The molecule has 0 bridgehead atoms. The molecule has 0 fully saturated rings. The summed E-state index contributed by atoms with van der Waals surface area (Å²) in [5, 5.41) is 0.690. The van der Waals surface area contributed by atoms with Crippen LogP contribution in [0.4, 0.5) is 80.3 Å². The number of ether oxygens (including phenoxy) is 2. The molecule has 2 unspecified atom stereocenters. The first-order valence-corrected chi connectivity index (χ1v) is 8.80. The lowest BCUT2D eigenvalue weighted by Crippen LogP contribution is -2.68. The molecule has 3 N–H and O–H groups in total. The lowest BCUT2D eigenvalue weighted by molar-refractivity contribution is -0.548. The van der Waals surface area contributed by atoms with Crippen LogP contribution in [0.1, 0.15) is 10.4 Å².